The third-order valence-corrected chi connectivity index (χ3v) is 0.919. The zero-order valence-corrected chi connectivity index (χ0v) is 4.85. The fourth-order valence-corrected chi connectivity index (χ4v) is 0.445. The average Bonchev–Trinajstić information content (AvgIpc) is 2.12. The molecule has 2 N–H and O–H groups in total. The topological polar surface area (TPSA) is 43.8 Å². The monoisotopic (exact) mass is 126 g/mol. The Labute approximate surface area is 52.1 Å². The van der Waals surface area contributed by atoms with E-state index in [-0.39, 0.29) is 0 Å². The Hall–Kier alpha value is -0.900. The van der Waals surface area contributed by atoms with Gasteiger partial charge in [-0.25, -0.2) is 4.98 Å². The predicted molar refractivity (Wildman–Crippen MR) is 33.2 cm³/mol. The van der Waals surface area contributed by atoms with Gasteiger partial charge in [-0.3, -0.25) is 4.57 Å². The quantitative estimate of drug-likeness (QED) is 0.488. The van der Waals surface area contributed by atoms with E-state index in [1.54, 1.807) is 6.20 Å². The van der Waals surface area contributed by atoms with Gasteiger partial charge in [0.05, 0.1) is 0 Å². The van der Waals surface area contributed by atoms with Crippen LogP contribution in [0.1, 0.15) is 0 Å². The fraction of sp³-hybridized carbons (Fsp3) is 0. The van der Waals surface area contributed by atoms with Crippen LogP contribution < -0.4 is 5.73 Å². The molecule has 1 heterocycles. The molecule has 3 nitrogen and oxygen atoms in total. The van der Waals surface area contributed by atoms with Crippen LogP contribution in [0.15, 0.2) is 12.5 Å². The molecule has 0 amide bonds. The minimum absolute atomic E-state index is 0.291. The van der Waals surface area contributed by atoms with E-state index < -0.39 is 0 Å². The molecule has 0 aliphatic rings. The molecule has 1 radical (unpaired) electrons. The van der Waals surface area contributed by atoms with Gasteiger partial charge in [0.2, 0.25) is 0 Å². The van der Waals surface area contributed by atoms with E-state index >= 15 is 0 Å². The van der Waals surface area contributed by atoms with Crippen LogP contribution >= 0.6 is 12.2 Å². The van der Waals surface area contributed by atoms with E-state index in [1.807, 2.05) is 0 Å². The van der Waals surface area contributed by atoms with Crippen molar-refractivity contribution in [3.8, 4) is 0 Å². The maximum atomic E-state index is 5.19. The van der Waals surface area contributed by atoms with Crippen LogP contribution in [0.2, 0.25) is 0 Å². The van der Waals surface area contributed by atoms with Crippen molar-refractivity contribution in [3.63, 3.8) is 0 Å². The molecule has 0 saturated carbocycles. The van der Waals surface area contributed by atoms with Gasteiger partial charge in [-0.2, -0.15) is 0 Å². The molecule has 41 valence electrons. The van der Waals surface area contributed by atoms with Gasteiger partial charge >= 0.3 is 0 Å². The Morgan fingerprint density at radius 2 is 2.62 bits per heavy atom. The van der Waals surface area contributed by atoms with Crippen LogP contribution in [0.5, 0.6) is 0 Å². The first kappa shape index (κ1) is 5.24. The summed E-state index contributed by atoms with van der Waals surface area (Å²) in [7, 11) is 0. The molecule has 0 bridgehead atoms. The molecule has 0 atom stereocenters. The number of thiocarbonyl (C=S) groups is 1. The average molecular weight is 126 g/mol. The van der Waals surface area contributed by atoms with Crippen LogP contribution in [0.4, 0.5) is 0 Å². The van der Waals surface area contributed by atoms with Crippen molar-refractivity contribution in [2.75, 3.05) is 0 Å². The first-order valence-corrected chi connectivity index (χ1v) is 2.41. The van der Waals surface area contributed by atoms with Crippen LogP contribution in [0.3, 0.4) is 0 Å². The Kier molecular flexibility index (Phi) is 1.26. The lowest BCUT2D eigenvalue weighted by atomic mass is 10.9. The van der Waals surface area contributed by atoms with E-state index in [4.69, 9.17) is 5.73 Å². The summed E-state index contributed by atoms with van der Waals surface area (Å²) in [6.45, 7) is 0. The summed E-state index contributed by atoms with van der Waals surface area (Å²) in [5, 5.41) is 0.291. The largest absolute Gasteiger partial charge is 0.376 e. The molecule has 0 unspecified atom stereocenters. The maximum absolute atomic E-state index is 5.19. The van der Waals surface area contributed by atoms with Gasteiger partial charge in [0, 0.05) is 6.20 Å². The number of aromatic nitrogens is 2. The summed E-state index contributed by atoms with van der Waals surface area (Å²) in [5.74, 6) is 0. The lowest BCUT2D eigenvalue weighted by molar-refractivity contribution is 1.14. The first-order chi connectivity index (χ1) is 3.80. The van der Waals surface area contributed by atoms with Gasteiger partial charge in [0.15, 0.2) is 5.11 Å². The van der Waals surface area contributed by atoms with E-state index in [2.05, 4.69) is 23.4 Å². The van der Waals surface area contributed by atoms with Crippen molar-refractivity contribution >= 4 is 17.3 Å². The van der Waals surface area contributed by atoms with Crippen molar-refractivity contribution in [2.24, 2.45) is 5.73 Å². The van der Waals surface area contributed by atoms with E-state index in [0.29, 0.717) is 5.11 Å². The van der Waals surface area contributed by atoms with E-state index in [1.165, 1.54) is 10.9 Å². The Morgan fingerprint density at radius 1 is 1.88 bits per heavy atom. The summed E-state index contributed by atoms with van der Waals surface area (Å²) < 4.78 is 1.51. The number of nitrogens with zero attached hydrogens (tertiary/aromatic N) is 2. The predicted octanol–water partition coefficient (Wildman–Crippen LogP) is -0.225. The fourth-order valence-electron chi connectivity index (χ4n) is 0.345. The summed E-state index contributed by atoms with van der Waals surface area (Å²) >= 11 is 4.60. The number of rotatable bonds is 0. The Morgan fingerprint density at radius 3 is 2.88 bits per heavy atom. The van der Waals surface area contributed by atoms with Gasteiger partial charge in [0.25, 0.3) is 0 Å². The lowest BCUT2D eigenvalue weighted by Gasteiger charge is -1.91. The minimum atomic E-state index is 0.291. The van der Waals surface area contributed by atoms with Crippen LogP contribution in [-0.2, 0) is 0 Å². The highest BCUT2D eigenvalue weighted by Gasteiger charge is 1.87. The molecule has 0 fully saturated rings. The van der Waals surface area contributed by atoms with Crippen molar-refractivity contribution in [1.82, 2.24) is 9.55 Å². The zero-order chi connectivity index (χ0) is 5.98. The summed E-state index contributed by atoms with van der Waals surface area (Å²) in [5.41, 5.74) is 5.19. The summed E-state index contributed by atoms with van der Waals surface area (Å²) in [4.78, 5) is 3.61. The highest BCUT2D eigenvalue weighted by atomic mass is 32.1. The lowest BCUT2D eigenvalue weighted by Crippen LogP contribution is -2.16. The molecule has 0 saturated heterocycles. The number of imidazole rings is 1. The van der Waals surface area contributed by atoms with Crippen molar-refractivity contribution < 1.29 is 0 Å². The molecule has 1 rings (SSSR count). The van der Waals surface area contributed by atoms with Crippen LogP contribution in [0.25, 0.3) is 0 Å². The smallest absolute Gasteiger partial charge is 0.175 e. The molecule has 0 aliphatic carbocycles. The summed E-state index contributed by atoms with van der Waals surface area (Å²) in [6.07, 6.45) is 5.63. The molecule has 8 heavy (non-hydrogen) atoms. The zero-order valence-electron chi connectivity index (χ0n) is 4.03. The normalized spacial score (nSPS) is 9.00. The molecular weight excluding hydrogens is 122 g/mol. The van der Waals surface area contributed by atoms with Crippen molar-refractivity contribution in [3.05, 3.63) is 18.7 Å². The van der Waals surface area contributed by atoms with Gasteiger partial charge < -0.3 is 5.73 Å². The number of hydrogen-bond donors (Lipinski definition) is 1. The maximum Gasteiger partial charge on any atom is 0.175 e. The number of hydrogen-bond acceptors (Lipinski definition) is 2. The van der Waals surface area contributed by atoms with Gasteiger partial charge in [-0.1, -0.05) is 0 Å². The van der Waals surface area contributed by atoms with Gasteiger partial charge in [-0.15, -0.1) is 0 Å². The van der Waals surface area contributed by atoms with Gasteiger partial charge in [-0.05, 0) is 12.2 Å². The molecule has 1 aromatic rings. The van der Waals surface area contributed by atoms with E-state index in [0.717, 1.165) is 0 Å². The second kappa shape index (κ2) is 1.92. The molecule has 0 aliphatic heterocycles. The SMILES string of the molecule is NC(=S)n1c[c]nc1. The molecule has 1 aromatic heterocycles. The first-order valence-electron chi connectivity index (χ1n) is 2.00. The summed E-state index contributed by atoms with van der Waals surface area (Å²) in [6, 6.07) is 0. The highest BCUT2D eigenvalue weighted by molar-refractivity contribution is 7.80. The molecule has 4 heteroatoms. The number of nitrogens with two attached hydrogens (primary N) is 1. The minimum Gasteiger partial charge on any atom is -0.376 e. The molecule has 0 aromatic carbocycles. The highest BCUT2D eigenvalue weighted by Crippen LogP contribution is 1.79. The Balaban J connectivity index is 2.93. The van der Waals surface area contributed by atoms with Crippen molar-refractivity contribution in [1.29, 1.82) is 0 Å². The molecule has 0 spiro atoms. The van der Waals surface area contributed by atoms with E-state index in [9.17, 15) is 0 Å². The second-order valence-electron chi connectivity index (χ2n) is 1.25. The molecular formula is C4H4N3S. The van der Waals surface area contributed by atoms with Crippen LogP contribution in [-0.4, -0.2) is 14.7 Å². The van der Waals surface area contributed by atoms with Gasteiger partial charge in [0.1, 0.15) is 12.5 Å². The van der Waals surface area contributed by atoms with Crippen molar-refractivity contribution in [2.45, 2.75) is 0 Å². The Bertz CT molecular complexity index is 179. The third kappa shape index (κ3) is 0.840. The van der Waals surface area contributed by atoms with Crippen LogP contribution in [0, 0.1) is 6.20 Å². The third-order valence-electron chi connectivity index (χ3n) is 0.708. The second-order valence-corrected chi connectivity index (χ2v) is 1.67. The standard InChI is InChI=1S/C4H4N3S/c5-4(8)7-2-1-6-3-7/h2-3H,(H2,5,8).